The van der Waals surface area contributed by atoms with Gasteiger partial charge in [0.15, 0.2) is 5.78 Å². The highest BCUT2D eigenvalue weighted by Gasteiger charge is 2.40. The average molecular weight is 170 g/mol. The Morgan fingerprint density at radius 1 is 1.75 bits per heavy atom. The molecule has 0 saturated carbocycles. The van der Waals surface area contributed by atoms with Gasteiger partial charge in [0.25, 0.3) is 0 Å². The smallest absolute Gasteiger partial charge is 0.168 e. The van der Waals surface area contributed by atoms with E-state index in [0.717, 1.165) is 0 Å². The van der Waals surface area contributed by atoms with Crippen LogP contribution < -0.4 is 0 Å². The van der Waals surface area contributed by atoms with E-state index in [1.54, 1.807) is 13.0 Å². The minimum absolute atomic E-state index is 0.194. The minimum atomic E-state index is -1.36. The second-order valence-corrected chi connectivity index (χ2v) is 3.06. The molecule has 0 aromatic rings. The third-order valence-corrected chi connectivity index (χ3v) is 2.38. The van der Waals surface area contributed by atoms with Crippen LogP contribution in [0.4, 0.5) is 0 Å². The van der Waals surface area contributed by atoms with Crippen LogP contribution in [0.15, 0.2) is 11.6 Å². The highest BCUT2D eigenvalue weighted by molar-refractivity contribution is 5.90. The van der Waals surface area contributed by atoms with Crippen LogP contribution in [-0.2, 0) is 4.79 Å². The molecule has 0 fully saturated rings. The molecule has 0 bridgehead atoms. The van der Waals surface area contributed by atoms with Crippen molar-refractivity contribution in [3.63, 3.8) is 0 Å². The van der Waals surface area contributed by atoms with Crippen molar-refractivity contribution in [2.24, 2.45) is 0 Å². The summed E-state index contributed by atoms with van der Waals surface area (Å²) in [6, 6.07) is 0. The maximum absolute atomic E-state index is 11.3. The van der Waals surface area contributed by atoms with Crippen LogP contribution in [0.2, 0.25) is 0 Å². The summed E-state index contributed by atoms with van der Waals surface area (Å²) in [5.41, 5.74) is -0.891. The van der Waals surface area contributed by atoms with Gasteiger partial charge in [-0.3, -0.25) is 4.79 Å². The molecule has 3 nitrogen and oxygen atoms in total. The molecule has 68 valence electrons. The van der Waals surface area contributed by atoms with Crippen LogP contribution >= 0.6 is 0 Å². The van der Waals surface area contributed by atoms with Gasteiger partial charge in [0, 0.05) is 6.42 Å². The molecule has 1 aliphatic rings. The third-order valence-electron chi connectivity index (χ3n) is 2.38. The molecule has 3 heteroatoms. The summed E-state index contributed by atoms with van der Waals surface area (Å²) >= 11 is 0. The molecule has 0 spiro atoms. The average Bonchev–Trinajstić information content (AvgIpc) is 2.46. The summed E-state index contributed by atoms with van der Waals surface area (Å²) in [7, 11) is 0. The summed E-state index contributed by atoms with van der Waals surface area (Å²) in [5.74, 6) is -0.194. The van der Waals surface area contributed by atoms with E-state index in [1.807, 2.05) is 0 Å². The van der Waals surface area contributed by atoms with Crippen molar-refractivity contribution in [3.05, 3.63) is 11.6 Å². The second-order valence-electron chi connectivity index (χ2n) is 3.06. The van der Waals surface area contributed by atoms with Gasteiger partial charge in [-0.1, -0.05) is 13.0 Å². The zero-order chi connectivity index (χ0) is 9.19. The largest absolute Gasteiger partial charge is 0.392 e. The van der Waals surface area contributed by atoms with E-state index in [0.29, 0.717) is 24.8 Å². The predicted molar refractivity (Wildman–Crippen MR) is 44.7 cm³/mol. The Balaban J connectivity index is 2.84. The first kappa shape index (κ1) is 9.42. The second kappa shape index (κ2) is 3.37. The fourth-order valence-corrected chi connectivity index (χ4v) is 1.59. The number of hydrogen-bond donors (Lipinski definition) is 2. The first-order valence-electron chi connectivity index (χ1n) is 4.21. The Morgan fingerprint density at radius 2 is 2.42 bits per heavy atom. The van der Waals surface area contributed by atoms with Gasteiger partial charge in [-0.05, 0) is 18.4 Å². The summed E-state index contributed by atoms with van der Waals surface area (Å²) in [4.78, 5) is 11.3. The molecule has 0 radical (unpaired) electrons. The fraction of sp³-hybridized carbons (Fsp3) is 0.667. The Hall–Kier alpha value is -0.670. The number of carbonyl (C=O) groups excluding carboxylic acids is 1. The van der Waals surface area contributed by atoms with Gasteiger partial charge in [-0.15, -0.1) is 0 Å². The van der Waals surface area contributed by atoms with Crippen LogP contribution in [-0.4, -0.2) is 28.2 Å². The number of rotatable bonds is 3. The zero-order valence-electron chi connectivity index (χ0n) is 7.21. The Morgan fingerprint density at radius 3 is 2.92 bits per heavy atom. The molecule has 0 aliphatic heterocycles. The van der Waals surface area contributed by atoms with Crippen LogP contribution in [0.25, 0.3) is 0 Å². The summed E-state index contributed by atoms with van der Waals surface area (Å²) in [6.45, 7) is 1.50. The Bertz CT molecular complexity index is 220. The van der Waals surface area contributed by atoms with E-state index in [4.69, 9.17) is 5.11 Å². The quantitative estimate of drug-likeness (QED) is 0.603. The highest BCUT2D eigenvalue weighted by Crippen LogP contribution is 2.31. The molecule has 0 heterocycles. The lowest BCUT2D eigenvalue weighted by Crippen LogP contribution is -2.38. The first-order chi connectivity index (χ1) is 5.65. The topological polar surface area (TPSA) is 57.5 Å². The van der Waals surface area contributed by atoms with Crippen molar-refractivity contribution in [1.29, 1.82) is 0 Å². The zero-order valence-corrected chi connectivity index (χ0v) is 7.21. The van der Waals surface area contributed by atoms with Crippen molar-refractivity contribution < 1.29 is 15.0 Å². The Kier molecular flexibility index (Phi) is 2.65. The summed E-state index contributed by atoms with van der Waals surface area (Å²) < 4.78 is 0. The van der Waals surface area contributed by atoms with Crippen molar-refractivity contribution >= 4 is 5.78 Å². The molecule has 1 atom stereocenters. The molecule has 0 aromatic heterocycles. The van der Waals surface area contributed by atoms with Crippen LogP contribution in [0.3, 0.4) is 0 Å². The van der Waals surface area contributed by atoms with Gasteiger partial charge >= 0.3 is 0 Å². The Labute approximate surface area is 71.7 Å². The van der Waals surface area contributed by atoms with E-state index in [2.05, 4.69) is 0 Å². The lowest BCUT2D eigenvalue weighted by Gasteiger charge is -2.23. The first-order valence-corrected chi connectivity index (χ1v) is 4.21. The van der Waals surface area contributed by atoms with Crippen molar-refractivity contribution in [3.8, 4) is 0 Å². The lowest BCUT2D eigenvalue weighted by molar-refractivity contribution is -0.133. The minimum Gasteiger partial charge on any atom is -0.392 e. The summed E-state index contributed by atoms with van der Waals surface area (Å²) in [6.07, 6.45) is 3.16. The number of Topliss-reactive ketones (excluding diaryl/α,β-unsaturated/α-hetero) is 1. The number of aliphatic hydroxyl groups excluding tert-OH is 1. The number of ketones is 1. The van der Waals surface area contributed by atoms with Gasteiger partial charge < -0.3 is 10.2 Å². The van der Waals surface area contributed by atoms with Gasteiger partial charge in [0.05, 0.1) is 6.61 Å². The van der Waals surface area contributed by atoms with E-state index < -0.39 is 5.60 Å². The van der Waals surface area contributed by atoms with Crippen molar-refractivity contribution in [1.82, 2.24) is 0 Å². The van der Waals surface area contributed by atoms with Crippen LogP contribution in [0, 0.1) is 0 Å². The molecule has 12 heavy (non-hydrogen) atoms. The highest BCUT2D eigenvalue weighted by atomic mass is 16.3. The van der Waals surface area contributed by atoms with E-state index in [1.165, 1.54) is 0 Å². The van der Waals surface area contributed by atoms with E-state index >= 15 is 0 Å². The molecule has 1 unspecified atom stereocenters. The maximum atomic E-state index is 11.3. The van der Waals surface area contributed by atoms with Crippen LogP contribution in [0.5, 0.6) is 0 Å². The van der Waals surface area contributed by atoms with Gasteiger partial charge in [-0.2, -0.15) is 0 Å². The van der Waals surface area contributed by atoms with Gasteiger partial charge in [0.2, 0.25) is 0 Å². The summed E-state index contributed by atoms with van der Waals surface area (Å²) in [5, 5.41) is 18.7. The van der Waals surface area contributed by atoms with Crippen molar-refractivity contribution in [2.45, 2.75) is 31.8 Å². The molecule has 0 amide bonds. The number of aliphatic hydroxyl groups is 2. The fourth-order valence-electron chi connectivity index (χ4n) is 1.59. The lowest BCUT2D eigenvalue weighted by atomic mass is 9.90. The van der Waals surface area contributed by atoms with Crippen LogP contribution in [0.1, 0.15) is 26.2 Å². The SMILES string of the molecule is CCC(=O)C1(O)CCC=C1CO. The third kappa shape index (κ3) is 1.30. The predicted octanol–water partition coefficient (Wildman–Crippen LogP) is 0.409. The molecule has 1 aliphatic carbocycles. The molecule has 0 saturated heterocycles. The van der Waals surface area contributed by atoms with Crippen molar-refractivity contribution in [2.75, 3.05) is 6.61 Å². The molecule has 2 N–H and O–H groups in total. The molecule has 1 rings (SSSR count). The number of carbonyl (C=O) groups is 1. The standard InChI is InChI=1S/C9H14O3/c1-2-8(11)9(12)5-3-4-7(9)6-10/h4,10,12H,2-3,5-6H2,1H3. The van der Waals surface area contributed by atoms with Gasteiger partial charge in [-0.25, -0.2) is 0 Å². The van der Waals surface area contributed by atoms with E-state index in [-0.39, 0.29) is 12.4 Å². The molecular weight excluding hydrogens is 156 g/mol. The molecule has 0 aromatic carbocycles. The monoisotopic (exact) mass is 170 g/mol. The maximum Gasteiger partial charge on any atom is 0.168 e. The normalized spacial score (nSPS) is 28.8. The number of hydrogen-bond acceptors (Lipinski definition) is 3. The molecular formula is C9H14O3. The van der Waals surface area contributed by atoms with Gasteiger partial charge in [0.1, 0.15) is 5.60 Å². The number of allylic oxidation sites excluding steroid dienone is 1. The van der Waals surface area contributed by atoms with E-state index in [9.17, 15) is 9.90 Å².